The smallest absolute Gasteiger partial charge is 0.379 e. The molecule has 0 saturated carbocycles. The van der Waals surface area contributed by atoms with Gasteiger partial charge in [-0.05, 0) is 37.6 Å². The second-order valence-electron chi connectivity index (χ2n) is 3.64. The Balaban J connectivity index is 2.17. The molecule has 0 atom stereocenters. The number of aryl methyl sites for hydroxylation is 2. The van der Waals surface area contributed by atoms with E-state index in [1.807, 2.05) is 19.1 Å². The van der Waals surface area contributed by atoms with Crippen molar-refractivity contribution >= 4 is 5.97 Å². The van der Waals surface area contributed by atoms with Crippen LogP contribution < -0.4 is 4.74 Å². The molecule has 0 aliphatic carbocycles. The summed E-state index contributed by atoms with van der Waals surface area (Å²) in [5.74, 6) is 0.315. The first-order valence-corrected chi connectivity index (χ1v) is 5.00. The third-order valence-electron chi connectivity index (χ3n) is 2.25. The lowest BCUT2D eigenvalue weighted by atomic mass is 10.2. The molecule has 0 bridgehead atoms. The Hall–Kier alpha value is -2.03. The Bertz CT molecular complexity index is 511. The van der Waals surface area contributed by atoms with Crippen LogP contribution in [0, 0.1) is 13.8 Å². The zero-order valence-electron chi connectivity index (χ0n) is 9.19. The Morgan fingerprint density at radius 2 is 2.06 bits per heavy atom. The summed E-state index contributed by atoms with van der Waals surface area (Å²) in [6.07, 6.45) is 1.47. The van der Waals surface area contributed by atoms with E-state index in [-0.39, 0.29) is 5.76 Å². The first-order chi connectivity index (χ1) is 7.66. The Labute approximate surface area is 93.7 Å². The first-order valence-electron chi connectivity index (χ1n) is 5.00. The van der Waals surface area contributed by atoms with Gasteiger partial charge in [0.2, 0.25) is 5.76 Å². The van der Waals surface area contributed by atoms with Crippen LogP contribution in [0.1, 0.15) is 21.7 Å². The van der Waals surface area contributed by atoms with Crippen LogP contribution in [-0.4, -0.2) is 5.97 Å². The SMILES string of the molecule is Cc1cccc(OC(=O)c2occc2C)c1. The van der Waals surface area contributed by atoms with Crippen molar-refractivity contribution in [1.82, 2.24) is 0 Å². The summed E-state index contributed by atoms with van der Waals surface area (Å²) in [7, 11) is 0. The molecule has 0 unspecified atom stereocenters. The number of carbonyl (C=O) groups excluding carboxylic acids is 1. The number of rotatable bonds is 2. The predicted octanol–water partition coefficient (Wildman–Crippen LogP) is 3.12. The van der Waals surface area contributed by atoms with Crippen LogP contribution in [0.4, 0.5) is 0 Å². The van der Waals surface area contributed by atoms with Gasteiger partial charge in [-0.25, -0.2) is 4.79 Å². The maximum atomic E-state index is 11.7. The number of hydrogen-bond donors (Lipinski definition) is 0. The molecule has 2 rings (SSSR count). The molecule has 82 valence electrons. The highest BCUT2D eigenvalue weighted by Gasteiger charge is 2.14. The van der Waals surface area contributed by atoms with Crippen molar-refractivity contribution in [2.75, 3.05) is 0 Å². The van der Waals surface area contributed by atoms with Crippen molar-refractivity contribution in [3.8, 4) is 5.75 Å². The van der Waals surface area contributed by atoms with E-state index in [1.165, 1.54) is 6.26 Å². The van der Waals surface area contributed by atoms with Gasteiger partial charge < -0.3 is 9.15 Å². The highest BCUT2D eigenvalue weighted by molar-refractivity contribution is 5.89. The van der Waals surface area contributed by atoms with Crippen LogP contribution >= 0.6 is 0 Å². The number of furan rings is 1. The van der Waals surface area contributed by atoms with Gasteiger partial charge in [0.05, 0.1) is 6.26 Å². The maximum absolute atomic E-state index is 11.7. The lowest BCUT2D eigenvalue weighted by Crippen LogP contribution is -2.08. The van der Waals surface area contributed by atoms with Gasteiger partial charge in [0.25, 0.3) is 0 Å². The highest BCUT2D eigenvalue weighted by Crippen LogP contribution is 2.16. The number of hydrogen-bond acceptors (Lipinski definition) is 3. The standard InChI is InChI=1S/C13H12O3/c1-9-4-3-5-11(8-9)16-13(14)12-10(2)6-7-15-12/h3-8H,1-2H3. The van der Waals surface area contributed by atoms with E-state index in [2.05, 4.69) is 0 Å². The fourth-order valence-electron chi connectivity index (χ4n) is 1.41. The van der Waals surface area contributed by atoms with Gasteiger partial charge in [0.1, 0.15) is 5.75 Å². The fraction of sp³-hybridized carbons (Fsp3) is 0.154. The average Bonchev–Trinajstić information content (AvgIpc) is 2.64. The lowest BCUT2D eigenvalue weighted by molar-refractivity contribution is 0.0700. The molecule has 0 fully saturated rings. The van der Waals surface area contributed by atoms with E-state index in [9.17, 15) is 4.79 Å². The van der Waals surface area contributed by atoms with Crippen LogP contribution in [0.25, 0.3) is 0 Å². The van der Waals surface area contributed by atoms with Crippen molar-refractivity contribution in [2.24, 2.45) is 0 Å². The molecule has 1 heterocycles. The second-order valence-corrected chi connectivity index (χ2v) is 3.64. The third-order valence-corrected chi connectivity index (χ3v) is 2.25. The summed E-state index contributed by atoms with van der Waals surface area (Å²) >= 11 is 0. The minimum absolute atomic E-state index is 0.251. The molecule has 16 heavy (non-hydrogen) atoms. The molecule has 0 saturated heterocycles. The van der Waals surface area contributed by atoms with Crippen molar-refractivity contribution in [3.63, 3.8) is 0 Å². The summed E-state index contributed by atoms with van der Waals surface area (Å²) < 4.78 is 10.2. The Morgan fingerprint density at radius 1 is 1.25 bits per heavy atom. The van der Waals surface area contributed by atoms with E-state index in [0.29, 0.717) is 5.75 Å². The van der Waals surface area contributed by atoms with Crippen LogP contribution in [0.2, 0.25) is 0 Å². The average molecular weight is 216 g/mol. The highest BCUT2D eigenvalue weighted by atomic mass is 16.5. The van der Waals surface area contributed by atoms with E-state index in [1.54, 1.807) is 25.1 Å². The molecule has 1 aromatic carbocycles. The minimum Gasteiger partial charge on any atom is -0.457 e. The van der Waals surface area contributed by atoms with Crippen molar-refractivity contribution in [1.29, 1.82) is 0 Å². The van der Waals surface area contributed by atoms with Gasteiger partial charge in [-0.1, -0.05) is 12.1 Å². The molecule has 2 aromatic rings. The van der Waals surface area contributed by atoms with Gasteiger partial charge >= 0.3 is 5.97 Å². The summed E-state index contributed by atoms with van der Waals surface area (Å²) in [6.45, 7) is 3.74. The van der Waals surface area contributed by atoms with Crippen LogP contribution in [0.15, 0.2) is 41.0 Å². The first kappa shape index (κ1) is 10.5. The molecule has 0 N–H and O–H groups in total. The monoisotopic (exact) mass is 216 g/mol. The van der Waals surface area contributed by atoms with E-state index >= 15 is 0 Å². The molecule has 0 amide bonds. The molecule has 0 radical (unpaired) electrons. The van der Waals surface area contributed by atoms with Crippen LogP contribution in [-0.2, 0) is 0 Å². The lowest BCUT2D eigenvalue weighted by Gasteiger charge is -2.03. The van der Waals surface area contributed by atoms with Gasteiger partial charge in [0, 0.05) is 5.56 Å². The topological polar surface area (TPSA) is 39.4 Å². The molecular formula is C13H12O3. The largest absolute Gasteiger partial charge is 0.457 e. The van der Waals surface area contributed by atoms with Gasteiger partial charge in [0.15, 0.2) is 0 Å². The second kappa shape index (κ2) is 4.23. The van der Waals surface area contributed by atoms with Crippen molar-refractivity contribution < 1.29 is 13.9 Å². The maximum Gasteiger partial charge on any atom is 0.379 e. The van der Waals surface area contributed by atoms with Crippen LogP contribution in [0.3, 0.4) is 0 Å². The third kappa shape index (κ3) is 2.14. The molecule has 1 aromatic heterocycles. The minimum atomic E-state index is -0.465. The molecule has 3 heteroatoms. The fourth-order valence-corrected chi connectivity index (χ4v) is 1.41. The summed E-state index contributed by atoms with van der Waals surface area (Å²) in [5.41, 5.74) is 1.82. The molecule has 0 aliphatic heterocycles. The normalized spacial score (nSPS) is 10.1. The van der Waals surface area contributed by atoms with Gasteiger partial charge in [-0.15, -0.1) is 0 Å². The quantitative estimate of drug-likeness (QED) is 0.572. The number of benzene rings is 1. The Morgan fingerprint density at radius 3 is 2.69 bits per heavy atom. The van der Waals surface area contributed by atoms with Crippen LogP contribution in [0.5, 0.6) is 5.75 Å². The zero-order valence-corrected chi connectivity index (χ0v) is 9.19. The number of esters is 1. The number of carbonyl (C=O) groups is 1. The Kier molecular flexibility index (Phi) is 2.77. The molecule has 0 aliphatic rings. The van der Waals surface area contributed by atoms with E-state index in [4.69, 9.17) is 9.15 Å². The molecule has 0 spiro atoms. The van der Waals surface area contributed by atoms with Crippen molar-refractivity contribution in [3.05, 3.63) is 53.5 Å². The summed E-state index contributed by atoms with van der Waals surface area (Å²) in [5, 5.41) is 0. The summed E-state index contributed by atoms with van der Waals surface area (Å²) in [4.78, 5) is 11.7. The molecule has 3 nitrogen and oxygen atoms in total. The van der Waals surface area contributed by atoms with Gasteiger partial charge in [-0.2, -0.15) is 0 Å². The summed E-state index contributed by atoms with van der Waals surface area (Å²) in [6, 6.07) is 9.05. The predicted molar refractivity (Wildman–Crippen MR) is 59.6 cm³/mol. The van der Waals surface area contributed by atoms with E-state index < -0.39 is 5.97 Å². The van der Waals surface area contributed by atoms with E-state index in [0.717, 1.165) is 11.1 Å². The van der Waals surface area contributed by atoms with Crippen molar-refractivity contribution in [2.45, 2.75) is 13.8 Å². The molecular weight excluding hydrogens is 204 g/mol. The number of ether oxygens (including phenoxy) is 1. The van der Waals surface area contributed by atoms with Gasteiger partial charge in [-0.3, -0.25) is 0 Å². The zero-order chi connectivity index (χ0) is 11.5.